The lowest BCUT2D eigenvalue weighted by Gasteiger charge is -2.29. The van der Waals surface area contributed by atoms with E-state index in [2.05, 4.69) is 40.7 Å². The number of fused-ring (bicyclic) bond motifs is 1. The van der Waals surface area contributed by atoms with Crippen LogP contribution in [0, 0.1) is 5.92 Å². The Kier molecular flexibility index (Phi) is 6.01. The third-order valence-electron chi connectivity index (χ3n) is 7.16. The van der Waals surface area contributed by atoms with E-state index in [-0.39, 0.29) is 0 Å². The summed E-state index contributed by atoms with van der Waals surface area (Å²) in [6, 6.07) is 6.82. The molecule has 3 aromatic rings. The number of ether oxygens (including phenoxy) is 2. The summed E-state index contributed by atoms with van der Waals surface area (Å²) in [4.78, 5) is 17.1. The third-order valence-corrected chi connectivity index (χ3v) is 8.29. The minimum absolute atomic E-state index is 0.307. The lowest BCUT2D eigenvalue weighted by molar-refractivity contribution is 0.122. The molecule has 0 bridgehead atoms. The number of hydrogen-bond donors (Lipinski definition) is 2. The summed E-state index contributed by atoms with van der Waals surface area (Å²) in [6.07, 6.45) is 3.51. The zero-order valence-electron chi connectivity index (χ0n) is 19.8. The first-order valence-corrected chi connectivity index (χ1v) is 13.2. The number of methoxy groups -OCH3 is 1. The van der Waals surface area contributed by atoms with Crippen LogP contribution in [0.5, 0.6) is 5.88 Å². The lowest BCUT2D eigenvalue weighted by Crippen LogP contribution is -2.39. The molecular formula is C25H32N6O2S. The first-order valence-electron chi connectivity index (χ1n) is 12.4. The Labute approximate surface area is 204 Å². The molecule has 3 aliphatic rings. The number of nitrogens with one attached hydrogen (secondary N) is 2. The van der Waals surface area contributed by atoms with Gasteiger partial charge in [0, 0.05) is 25.7 Å². The molecule has 4 heterocycles. The van der Waals surface area contributed by atoms with Crippen LogP contribution in [0.3, 0.4) is 0 Å². The summed E-state index contributed by atoms with van der Waals surface area (Å²) >= 11 is 1.73. The average molecular weight is 481 g/mol. The van der Waals surface area contributed by atoms with Gasteiger partial charge in [0.1, 0.15) is 16.4 Å². The van der Waals surface area contributed by atoms with Crippen LogP contribution in [-0.2, 0) is 4.74 Å². The molecule has 1 aromatic carbocycles. The fourth-order valence-electron chi connectivity index (χ4n) is 5.07. The molecule has 3 atom stereocenters. The Morgan fingerprint density at radius 2 is 2.06 bits per heavy atom. The minimum Gasteiger partial charge on any atom is -0.480 e. The summed E-state index contributed by atoms with van der Waals surface area (Å²) in [7, 11) is 1.69. The normalized spacial score (nSPS) is 24.9. The van der Waals surface area contributed by atoms with Gasteiger partial charge in [-0.3, -0.25) is 0 Å². The number of piperidine rings is 1. The zero-order chi connectivity index (χ0) is 23.1. The van der Waals surface area contributed by atoms with Gasteiger partial charge < -0.3 is 25.0 Å². The summed E-state index contributed by atoms with van der Waals surface area (Å²) in [5, 5.41) is 8.12. The second-order valence-corrected chi connectivity index (χ2v) is 10.6. The molecule has 0 radical (unpaired) electrons. The molecule has 1 saturated carbocycles. The lowest BCUT2D eigenvalue weighted by atomic mass is 10.1. The van der Waals surface area contributed by atoms with E-state index in [0.29, 0.717) is 37.0 Å². The standard InChI is InChI=1S/C25H32N6O2S/c1-15-13-18(15)17-6-3-7-19-21(17)34-24(28-19)20-22(27-16-5-4-8-26-14-16)29-25(30-23(20)32-2)31-9-11-33-12-10-31/h3,6-7,15-16,18,26H,4-5,8-14H2,1-2H3,(H,27,29,30). The molecule has 2 aliphatic heterocycles. The number of morpholine rings is 1. The van der Waals surface area contributed by atoms with Crippen molar-refractivity contribution in [1.82, 2.24) is 20.3 Å². The molecule has 1 aliphatic carbocycles. The average Bonchev–Trinajstić information content (AvgIpc) is 3.44. The van der Waals surface area contributed by atoms with Gasteiger partial charge in [0.25, 0.3) is 0 Å². The van der Waals surface area contributed by atoms with Crippen LogP contribution in [0.4, 0.5) is 11.8 Å². The largest absolute Gasteiger partial charge is 0.480 e. The van der Waals surface area contributed by atoms with Crippen molar-refractivity contribution in [3.63, 3.8) is 0 Å². The van der Waals surface area contributed by atoms with E-state index in [1.165, 1.54) is 16.7 Å². The van der Waals surface area contributed by atoms with Crippen LogP contribution in [-0.4, -0.2) is 67.5 Å². The van der Waals surface area contributed by atoms with Crippen LogP contribution in [0.25, 0.3) is 20.8 Å². The second kappa shape index (κ2) is 9.28. The molecule has 9 heteroatoms. The van der Waals surface area contributed by atoms with E-state index >= 15 is 0 Å². The molecule has 2 saturated heterocycles. The van der Waals surface area contributed by atoms with Crippen molar-refractivity contribution in [2.24, 2.45) is 5.92 Å². The smallest absolute Gasteiger partial charge is 0.230 e. The fraction of sp³-hybridized carbons (Fsp3) is 0.560. The maximum atomic E-state index is 5.87. The van der Waals surface area contributed by atoms with Crippen LogP contribution in [0.15, 0.2) is 18.2 Å². The number of nitrogens with zero attached hydrogens (tertiary/aromatic N) is 4. The summed E-state index contributed by atoms with van der Waals surface area (Å²) in [5.74, 6) is 3.46. The van der Waals surface area contributed by atoms with Crippen LogP contribution >= 0.6 is 11.3 Å². The van der Waals surface area contributed by atoms with Crippen molar-refractivity contribution in [1.29, 1.82) is 0 Å². The molecule has 2 aromatic heterocycles. The molecule has 6 rings (SSSR count). The van der Waals surface area contributed by atoms with Gasteiger partial charge >= 0.3 is 0 Å². The van der Waals surface area contributed by atoms with E-state index in [4.69, 9.17) is 24.4 Å². The Balaban J connectivity index is 1.45. The van der Waals surface area contributed by atoms with Crippen LogP contribution in [0.2, 0.25) is 0 Å². The van der Waals surface area contributed by atoms with E-state index in [1.54, 1.807) is 18.4 Å². The maximum absolute atomic E-state index is 5.87. The van der Waals surface area contributed by atoms with Crippen LogP contribution < -0.4 is 20.3 Å². The predicted molar refractivity (Wildman–Crippen MR) is 136 cm³/mol. The van der Waals surface area contributed by atoms with Gasteiger partial charge in [0.05, 0.1) is 30.5 Å². The third kappa shape index (κ3) is 4.21. The summed E-state index contributed by atoms with van der Waals surface area (Å²) in [6.45, 7) is 7.23. The first kappa shape index (κ1) is 22.0. The molecule has 34 heavy (non-hydrogen) atoms. The van der Waals surface area contributed by atoms with Crippen molar-refractivity contribution in [3.05, 3.63) is 23.8 Å². The van der Waals surface area contributed by atoms with E-state index in [1.807, 2.05) is 0 Å². The van der Waals surface area contributed by atoms with E-state index < -0.39 is 0 Å². The molecule has 0 spiro atoms. The minimum atomic E-state index is 0.307. The van der Waals surface area contributed by atoms with E-state index in [9.17, 15) is 0 Å². The van der Waals surface area contributed by atoms with Crippen molar-refractivity contribution < 1.29 is 9.47 Å². The number of anilines is 2. The predicted octanol–water partition coefficient (Wildman–Crippen LogP) is 3.89. The Hall–Kier alpha value is -2.49. The number of hydrogen-bond acceptors (Lipinski definition) is 9. The van der Waals surface area contributed by atoms with Gasteiger partial charge in [-0.05, 0) is 49.3 Å². The summed E-state index contributed by atoms with van der Waals surface area (Å²) in [5.41, 5.74) is 3.33. The van der Waals surface area contributed by atoms with Gasteiger partial charge in [0.15, 0.2) is 0 Å². The highest BCUT2D eigenvalue weighted by Gasteiger charge is 2.36. The topological polar surface area (TPSA) is 84.4 Å². The monoisotopic (exact) mass is 480 g/mol. The molecule has 0 amide bonds. The number of thiazole rings is 1. The van der Waals surface area contributed by atoms with Gasteiger partial charge in [-0.25, -0.2) is 4.98 Å². The van der Waals surface area contributed by atoms with Gasteiger partial charge in [-0.1, -0.05) is 19.1 Å². The number of aromatic nitrogens is 3. The molecular weight excluding hydrogens is 448 g/mol. The Bertz CT molecular complexity index is 1170. The maximum Gasteiger partial charge on any atom is 0.230 e. The molecule has 3 unspecified atom stereocenters. The summed E-state index contributed by atoms with van der Waals surface area (Å²) < 4.78 is 12.7. The zero-order valence-corrected chi connectivity index (χ0v) is 20.7. The highest BCUT2D eigenvalue weighted by atomic mass is 32.1. The highest BCUT2D eigenvalue weighted by Crippen LogP contribution is 2.51. The Morgan fingerprint density at radius 1 is 1.21 bits per heavy atom. The van der Waals surface area contributed by atoms with Crippen molar-refractivity contribution >= 4 is 33.3 Å². The van der Waals surface area contributed by atoms with Gasteiger partial charge in [0.2, 0.25) is 11.8 Å². The number of benzene rings is 1. The molecule has 180 valence electrons. The molecule has 2 N–H and O–H groups in total. The van der Waals surface area contributed by atoms with E-state index in [0.717, 1.165) is 66.8 Å². The Morgan fingerprint density at radius 3 is 2.79 bits per heavy atom. The van der Waals surface area contributed by atoms with Crippen molar-refractivity contribution in [3.8, 4) is 16.5 Å². The van der Waals surface area contributed by atoms with Crippen molar-refractivity contribution in [2.75, 3.05) is 56.7 Å². The quantitative estimate of drug-likeness (QED) is 0.550. The van der Waals surface area contributed by atoms with Gasteiger partial charge in [-0.2, -0.15) is 9.97 Å². The van der Waals surface area contributed by atoms with Gasteiger partial charge in [-0.15, -0.1) is 11.3 Å². The second-order valence-electron chi connectivity index (χ2n) is 9.58. The van der Waals surface area contributed by atoms with Crippen LogP contribution in [0.1, 0.15) is 37.7 Å². The molecule has 8 nitrogen and oxygen atoms in total. The fourth-order valence-corrected chi connectivity index (χ4v) is 6.25. The highest BCUT2D eigenvalue weighted by molar-refractivity contribution is 7.22. The SMILES string of the molecule is COc1nc(N2CCOCC2)nc(NC2CCCNC2)c1-c1nc2cccc(C3CC3C)c2s1. The molecule has 3 fully saturated rings. The first-order chi connectivity index (χ1) is 16.7. The number of rotatable bonds is 6. The van der Waals surface area contributed by atoms with Crippen molar-refractivity contribution in [2.45, 2.75) is 38.1 Å².